The van der Waals surface area contributed by atoms with Crippen molar-refractivity contribution in [1.29, 1.82) is 5.26 Å². The smallest absolute Gasteiger partial charge is 0.135 e. The maximum Gasteiger partial charge on any atom is 0.135 e. The highest BCUT2D eigenvalue weighted by molar-refractivity contribution is 4.76. The van der Waals surface area contributed by atoms with E-state index in [0.29, 0.717) is 0 Å². The molecule has 1 heterocycles. The zero-order valence-corrected chi connectivity index (χ0v) is 3.85. The van der Waals surface area contributed by atoms with Gasteiger partial charge >= 0.3 is 0 Å². The van der Waals surface area contributed by atoms with Gasteiger partial charge in [0.1, 0.15) is 12.8 Å². The van der Waals surface area contributed by atoms with Crippen LogP contribution in [0.5, 0.6) is 0 Å². The molecule has 0 aliphatic carbocycles. The first-order chi connectivity index (χ1) is 3.43. The summed E-state index contributed by atoms with van der Waals surface area (Å²) in [5, 5.41) is 10.8. The summed E-state index contributed by atoms with van der Waals surface area (Å²) in [5.74, 6) is 0. The number of ether oxygens (including phenoxy) is 1. The number of hydrogen-bond acceptors (Lipinski definition) is 3. The van der Waals surface area contributed by atoms with Crippen LogP contribution in [-0.2, 0) is 4.74 Å². The average Bonchev–Trinajstić information content (AvgIpc) is 2.42. The summed E-state index contributed by atoms with van der Waals surface area (Å²) in [6.07, 6.45) is 0.180. The Hall–Kier alpha value is -0.590. The van der Waals surface area contributed by atoms with Crippen LogP contribution in [0.15, 0.2) is 0 Å². The Labute approximate surface area is 41.9 Å². The van der Waals surface area contributed by atoms with Gasteiger partial charge in [0.05, 0.1) is 6.07 Å². The zero-order chi connectivity index (χ0) is 5.11. The maximum absolute atomic E-state index is 7.94. The lowest BCUT2D eigenvalue weighted by Gasteiger charge is -1.86. The minimum atomic E-state index is 0.180. The molecule has 38 valence electrons. The second-order valence-electron chi connectivity index (χ2n) is 1.37. The van der Waals surface area contributed by atoms with E-state index in [4.69, 9.17) is 10.00 Å². The van der Waals surface area contributed by atoms with Crippen molar-refractivity contribution < 1.29 is 4.74 Å². The van der Waals surface area contributed by atoms with E-state index in [9.17, 15) is 0 Å². The van der Waals surface area contributed by atoms with Crippen LogP contribution in [0.1, 0.15) is 0 Å². The van der Waals surface area contributed by atoms with Gasteiger partial charge in [0.15, 0.2) is 0 Å². The highest BCUT2D eigenvalue weighted by Gasteiger charge is 2.19. The first kappa shape index (κ1) is 4.57. The summed E-state index contributed by atoms with van der Waals surface area (Å²) in [7, 11) is 0. The molecular formula is C4H6N2O. The molecule has 1 atom stereocenters. The Bertz CT molecular complexity index is 92.4. The van der Waals surface area contributed by atoms with Crippen molar-refractivity contribution in [1.82, 2.24) is 5.32 Å². The van der Waals surface area contributed by atoms with Crippen molar-refractivity contribution in [3.05, 3.63) is 0 Å². The Kier molecular flexibility index (Phi) is 1.25. The molecule has 0 amide bonds. The molecular weight excluding hydrogens is 92.1 g/mol. The molecule has 1 aliphatic heterocycles. The van der Waals surface area contributed by atoms with Crippen LogP contribution in [0.25, 0.3) is 0 Å². The van der Waals surface area contributed by atoms with Crippen molar-refractivity contribution in [3.63, 3.8) is 0 Å². The standard InChI is InChI=1S/C4H6N2O/c5-1-2-7-4-3-6-4/h4,6H,2-3H2. The largest absolute Gasteiger partial charge is 0.347 e. The van der Waals surface area contributed by atoms with E-state index < -0.39 is 0 Å². The Morgan fingerprint density at radius 1 is 2.00 bits per heavy atom. The van der Waals surface area contributed by atoms with Gasteiger partial charge in [-0.15, -0.1) is 0 Å². The molecule has 0 radical (unpaired) electrons. The summed E-state index contributed by atoms with van der Waals surface area (Å²) >= 11 is 0. The van der Waals surface area contributed by atoms with Gasteiger partial charge in [-0.1, -0.05) is 0 Å². The molecule has 0 aromatic heterocycles. The number of hydrogen-bond donors (Lipinski definition) is 1. The predicted molar refractivity (Wildman–Crippen MR) is 23.4 cm³/mol. The highest BCUT2D eigenvalue weighted by atomic mass is 16.5. The molecule has 3 heteroatoms. The van der Waals surface area contributed by atoms with Crippen molar-refractivity contribution in [3.8, 4) is 6.07 Å². The van der Waals surface area contributed by atoms with E-state index in [1.165, 1.54) is 0 Å². The average molecular weight is 98.1 g/mol. The van der Waals surface area contributed by atoms with Crippen LogP contribution in [0.2, 0.25) is 0 Å². The monoisotopic (exact) mass is 98.0 g/mol. The van der Waals surface area contributed by atoms with Gasteiger partial charge in [-0.2, -0.15) is 5.26 Å². The minimum Gasteiger partial charge on any atom is -0.347 e. The van der Waals surface area contributed by atoms with Gasteiger partial charge in [0, 0.05) is 6.54 Å². The molecule has 3 nitrogen and oxygen atoms in total. The Morgan fingerprint density at radius 2 is 2.71 bits per heavy atom. The lowest BCUT2D eigenvalue weighted by atomic mass is 10.8. The topological polar surface area (TPSA) is 55.0 Å². The first-order valence-electron chi connectivity index (χ1n) is 2.15. The molecule has 0 bridgehead atoms. The summed E-state index contributed by atoms with van der Waals surface area (Å²) in [4.78, 5) is 0. The highest BCUT2D eigenvalue weighted by Crippen LogP contribution is 1.95. The number of rotatable bonds is 2. The van der Waals surface area contributed by atoms with E-state index in [2.05, 4.69) is 5.32 Å². The van der Waals surface area contributed by atoms with E-state index in [-0.39, 0.29) is 12.8 Å². The quantitative estimate of drug-likeness (QED) is 0.472. The second kappa shape index (κ2) is 1.92. The number of nitriles is 1. The summed E-state index contributed by atoms with van der Waals surface area (Å²) in [5.41, 5.74) is 0. The van der Waals surface area contributed by atoms with Gasteiger partial charge in [-0.3, -0.25) is 5.32 Å². The summed E-state index contributed by atoms with van der Waals surface area (Å²) in [6.45, 7) is 1.11. The van der Waals surface area contributed by atoms with Crippen molar-refractivity contribution in [2.45, 2.75) is 6.23 Å². The molecule has 7 heavy (non-hydrogen) atoms. The van der Waals surface area contributed by atoms with Crippen LogP contribution in [0, 0.1) is 11.3 Å². The zero-order valence-electron chi connectivity index (χ0n) is 3.85. The molecule has 1 N–H and O–H groups in total. The lowest BCUT2D eigenvalue weighted by Crippen LogP contribution is -1.97. The Morgan fingerprint density at radius 3 is 3.14 bits per heavy atom. The molecule has 0 aromatic rings. The van der Waals surface area contributed by atoms with Gasteiger partial charge in [-0.05, 0) is 0 Å². The number of nitrogens with zero attached hydrogens (tertiary/aromatic N) is 1. The van der Waals surface area contributed by atoms with E-state index in [1.54, 1.807) is 0 Å². The third-order valence-corrected chi connectivity index (χ3v) is 0.720. The fourth-order valence-electron chi connectivity index (χ4n) is 0.304. The van der Waals surface area contributed by atoms with Gasteiger partial charge < -0.3 is 4.74 Å². The van der Waals surface area contributed by atoms with Crippen molar-refractivity contribution in [2.75, 3.05) is 13.2 Å². The van der Waals surface area contributed by atoms with Gasteiger partial charge in [0.2, 0.25) is 0 Å². The van der Waals surface area contributed by atoms with E-state index in [0.717, 1.165) is 6.54 Å². The van der Waals surface area contributed by atoms with E-state index >= 15 is 0 Å². The molecule has 0 spiro atoms. The molecule has 1 saturated heterocycles. The van der Waals surface area contributed by atoms with Crippen LogP contribution >= 0.6 is 0 Å². The molecule has 0 aromatic carbocycles. The molecule has 1 aliphatic rings. The minimum absolute atomic E-state index is 0.180. The van der Waals surface area contributed by atoms with Crippen molar-refractivity contribution in [2.24, 2.45) is 0 Å². The van der Waals surface area contributed by atoms with Gasteiger partial charge in [0.25, 0.3) is 0 Å². The molecule has 1 unspecified atom stereocenters. The predicted octanol–water partition coefficient (Wildman–Crippen LogP) is -0.544. The lowest BCUT2D eigenvalue weighted by molar-refractivity contribution is 0.147. The summed E-state index contributed by atoms with van der Waals surface area (Å²) in [6, 6.07) is 1.88. The van der Waals surface area contributed by atoms with Crippen LogP contribution in [-0.4, -0.2) is 19.4 Å². The Balaban J connectivity index is 1.91. The third-order valence-electron chi connectivity index (χ3n) is 0.720. The van der Waals surface area contributed by atoms with Gasteiger partial charge in [-0.25, -0.2) is 0 Å². The fourth-order valence-corrected chi connectivity index (χ4v) is 0.304. The van der Waals surface area contributed by atoms with Crippen LogP contribution < -0.4 is 5.32 Å². The first-order valence-corrected chi connectivity index (χ1v) is 2.15. The summed E-state index contributed by atoms with van der Waals surface area (Å²) < 4.78 is 4.83. The normalized spacial score (nSPS) is 26.4. The molecule has 1 fully saturated rings. The molecule has 1 rings (SSSR count). The SMILES string of the molecule is N#CCOC1CN1. The fraction of sp³-hybridized carbons (Fsp3) is 0.750. The third kappa shape index (κ3) is 1.53. The molecule has 0 saturated carbocycles. The van der Waals surface area contributed by atoms with Crippen LogP contribution in [0.4, 0.5) is 0 Å². The second-order valence-corrected chi connectivity index (χ2v) is 1.37. The maximum atomic E-state index is 7.94. The van der Waals surface area contributed by atoms with E-state index in [1.807, 2.05) is 6.07 Å². The van der Waals surface area contributed by atoms with Crippen molar-refractivity contribution >= 4 is 0 Å². The number of nitrogens with one attached hydrogen (secondary N) is 1. The van der Waals surface area contributed by atoms with Crippen LogP contribution in [0.3, 0.4) is 0 Å².